The number of anilines is 2. The van der Waals surface area contributed by atoms with Gasteiger partial charge in [-0.3, -0.25) is 24.5 Å². The summed E-state index contributed by atoms with van der Waals surface area (Å²) in [6.45, 7) is 7.69. The number of likely N-dealkylation sites (tertiary alicyclic amines) is 2. The Morgan fingerprint density at radius 1 is 0.650 bits per heavy atom. The minimum absolute atomic E-state index is 0.274. The molecule has 0 bridgehead atoms. The Balaban J connectivity index is 1.48. The van der Waals surface area contributed by atoms with Gasteiger partial charge in [0.25, 0.3) is 0 Å². The van der Waals surface area contributed by atoms with Crippen LogP contribution in [0.25, 0.3) is 21.8 Å². The number of rotatable bonds is 20. The highest BCUT2D eigenvalue weighted by atomic mass is 16.5. The van der Waals surface area contributed by atoms with Crippen LogP contribution in [0.3, 0.4) is 0 Å². The fraction of sp³-hybridized carbons (Fsp3) is 0.553. The molecule has 4 heterocycles. The number of nitrogens with zero attached hydrogens (tertiary/aromatic N) is 6. The van der Waals surface area contributed by atoms with Gasteiger partial charge in [0.05, 0.1) is 48.5 Å². The Morgan fingerprint density at radius 2 is 1.08 bits per heavy atom. The van der Waals surface area contributed by atoms with Crippen molar-refractivity contribution in [1.29, 1.82) is 0 Å². The molecule has 0 aliphatic carbocycles. The van der Waals surface area contributed by atoms with E-state index in [1.807, 2.05) is 36.4 Å². The number of unbranched alkanes of at least 4 members (excludes halogenated alkanes) is 8. The molecule has 2 aromatic carbocycles. The molecule has 324 valence electrons. The van der Waals surface area contributed by atoms with Crippen molar-refractivity contribution in [3.8, 4) is 11.5 Å². The van der Waals surface area contributed by atoms with Crippen LogP contribution in [-0.2, 0) is 9.59 Å². The number of aliphatic carboxylic acids is 2. The smallest absolute Gasteiger partial charge is 0.329 e. The summed E-state index contributed by atoms with van der Waals surface area (Å²) in [6.07, 6.45) is 15.1. The van der Waals surface area contributed by atoms with Crippen LogP contribution in [0.15, 0.2) is 60.9 Å². The molecule has 6 rings (SSSR count). The summed E-state index contributed by atoms with van der Waals surface area (Å²) in [5.41, 5.74) is 2.24. The highest BCUT2D eigenvalue weighted by Crippen LogP contribution is 2.41. The first-order valence-electron chi connectivity index (χ1n) is 22.1. The summed E-state index contributed by atoms with van der Waals surface area (Å²) < 4.78 is 11.3. The molecule has 2 aromatic heterocycles. The number of carbonyl (C=O) groups excluding carboxylic acids is 1. The van der Waals surface area contributed by atoms with Gasteiger partial charge < -0.3 is 34.4 Å². The lowest BCUT2D eigenvalue weighted by atomic mass is 9.84. The third kappa shape index (κ3) is 10.5. The molecule has 2 N–H and O–H groups in total. The van der Waals surface area contributed by atoms with Crippen LogP contribution in [0.2, 0.25) is 0 Å². The summed E-state index contributed by atoms with van der Waals surface area (Å²) in [7, 11) is 3.16. The highest BCUT2D eigenvalue weighted by Gasteiger charge is 2.49. The standard InChI is InChI=1S/C47H64N6O7/c1-5-7-9-11-13-25-50-27-21-43(37(31-50)45(54)55)53(44-22-28-51(32-38(44)46(56)57)26-14-12-10-8-6-2)47(58)52(41-19-23-48-39-17-15-33(59-3)29-35(39)41)42-20-24-49-40-18-16-34(60-4)30-36(40)42/h15-20,23-24,29-30,37-38,43-44H,5-14,21-22,25-28,31-32H2,1-4H3,(H,54,55)(H,56,57)/t37-,38-,43-,44-/m1/s1. The maximum absolute atomic E-state index is 16.2. The second-order valence-electron chi connectivity index (χ2n) is 16.5. The van der Waals surface area contributed by atoms with Gasteiger partial charge in [-0.05, 0) is 87.3 Å². The first-order valence-corrected chi connectivity index (χ1v) is 22.1. The minimum Gasteiger partial charge on any atom is -0.497 e. The Bertz CT molecular complexity index is 1930. The van der Waals surface area contributed by atoms with E-state index in [-0.39, 0.29) is 13.1 Å². The average Bonchev–Trinajstić information content (AvgIpc) is 3.26. The summed E-state index contributed by atoms with van der Waals surface area (Å²) in [6, 6.07) is 12.5. The monoisotopic (exact) mass is 824 g/mol. The van der Waals surface area contributed by atoms with Crippen LogP contribution in [0, 0.1) is 11.8 Å². The van der Waals surface area contributed by atoms with Gasteiger partial charge in [-0.25, -0.2) is 4.79 Å². The van der Waals surface area contributed by atoms with Gasteiger partial charge in [0.15, 0.2) is 0 Å². The van der Waals surface area contributed by atoms with Gasteiger partial charge in [0.2, 0.25) is 0 Å². The largest absolute Gasteiger partial charge is 0.497 e. The molecule has 4 atom stereocenters. The number of aromatic nitrogens is 2. The van der Waals surface area contributed by atoms with Crippen molar-refractivity contribution in [2.45, 2.75) is 103 Å². The Kier molecular flexibility index (Phi) is 16.0. The third-order valence-corrected chi connectivity index (χ3v) is 12.6. The van der Waals surface area contributed by atoms with Crippen molar-refractivity contribution in [2.75, 3.05) is 58.4 Å². The lowest BCUT2D eigenvalue weighted by molar-refractivity contribution is -0.149. The SMILES string of the molecule is CCCCCCCN1CC[C@@H](N(C(=O)N(c2ccnc3ccc(OC)cc23)c2ccnc3ccc(OC)cc23)[C@@H]2CCN(CCCCCCC)C[C@H]2C(=O)O)[C@H](C(=O)O)C1. The molecule has 2 amide bonds. The van der Waals surface area contributed by atoms with Crippen molar-refractivity contribution >= 4 is 51.2 Å². The number of carboxylic acid groups (broad SMARTS) is 2. The second-order valence-corrected chi connectivity index (χ2v) is 16.5. The number of hydrogen-bond acceptors (Lipinski definition) is 9. The summed E-state index contributed by atoms with van der Waals surface area (Å²) in [5, 5.41) is 23.3. The van der Waals surface area contributed by atoms with Crippen LogP contribution >= 0.6 is 0 Å². The fourth-order valence-corrected chi connectivity index (χ4v) is 9.30. The van der Waals surface area contributed by atoms with Crippen LogP contribution in [0.4, 0.5) is 16.2 Å². The van der Waals surface area contributed by atoms with Gasteiger partial charge >= 0.3 is 18.0 Å². The maximum atomic E-state index is 16.2. The molecule has 60 heavy (non-hydrogen) atoms. The Labute approximate surface area is 354 Å². The number of urea groups is 1. The van der Waals surface area contributed by atoms with E-state index in [1.165, 1.54) is 12.8 Å². The predicted octanol–water partition coefficient (Wildman–Crippen LogP) is 8.85. The summed E-state index contributed by atoms with van der Waals surface area (Å²) >= 11 is 0. The highest BCUT2D eigenvalue weighted by molar-refractivity contribution is 6.12. The van der Waals surface area contributed by atoms with Crippen molar-refractivity contribution in [1.82, 2.24) is 24.7 Å². The van der Waals surface area contributed by atoms with Crippen LogP contribution in [0.5, 0.6) is 11.5 Å². The molecule has 2 fully saturated rings. The number of benzene rings is 2. The number of carboxylic acids is 2. The number of pyridine rings is 2. The van der Waals surface area contributed by atoms with Crippen molar-refractivity contribution < 1.29 is 34.1 Å². The molecular weight excluding hydrogens is 761 g/mol. The first-order chi connectivity index (χ1) is 29.2. The summed E-state index contributed by atoms with van der Waals surface area (Å²) in [5.74, 6) is -2.71. The number of amides is 2. The molecule has 0 radical (unpaired) electrons. The van der Waals surface area contributed by atoms with E-state index >= 15 is 4.79 Å². The van der Waals surface area contributed by atoms with E-state index in [2.05, 4.69) is 33.6 Å². The fourth-order valence-electron chi connectivity index (χ4n) is 9.30. The summed E-state index contributed by atoms with van der Waals surface area (Å²) in [4.78, 5) is 60.1. The van der Waals surface area contributed by atoms with Crippen molar-refractivity contribution in [2.24, 2.45) is 11.8 Å². The van der Waals surface area contributed by atoms with Gasteiger partial charge in [-0.1, -0.05) is 65.2 Å². The topological polar surface area (TPSA) is 149 Å². The number of ether oxygens (including phenoxy) is 2. The molecule has 2 saturated heterocycles. The molecule has 2 aliphatic rings. The van der Waals surface area contributed by atoms with Crippen LogP contribution < -0.4 is 14.4 Å². The third-order valence-electron chi connectivity index (χ3n) is 12.6. The van der Waals surface area contributed by atoms with Crippen LogP contribution in [-0.4, -0.2) is 118 Å². The normalized spacial score (nSPS) is 19.9. The van der Waals surface area contributed by atoms with Gasteiger partial charge in [-0.2, -0.15) is 0 Å². The Hall–Kier alpha value is -5.01. The molecule has 13 heteroatoms. The average molecular weight is 825 g/mol. The van der Waals surface area contributed by atoms with Crippen molar-refractivity contribution in [3.05, 3.63) is 60.9 Å². The van der Waals surface area contributed by atoms with E-state index in [0.717, 1.165) is 64.5 Å². The number of hydrogen-bond donors (Lipinski definition) is 2. The number of methoxy groups -OCH3 is 2. The number of fused-ring (bicyclic) bond motifs is 2. The molecule has 13 nitrogen and oxygen atoms in total. The van der Waals surface area contributed by atoms with Crippen molar-refractivity contribution in [3.63, 3.8) is 0 Å². The predicted molar refractivity (Wildman–Crippen MR) is 235 cm³/mol. The molecular formula is C47H64N6O7. The van der Waals surface area contributed by atoms with Gasteiger partial charge in [0, 0.05) is 61.4 Å². The number of piperidine rings is 2. The van der Waals surface area contributed by atoms with Gasteiger partial charge in [-0.15, -0.1) is 0 Å². The quantitative estimate of drug-likeness (QED) is 0.0824. The maximum Gasteiger partial charge on any atom is 0.329 e. The first kappa shape index (κ1) is 44.5. The van der Waals surface area contributed by atoms with E-state index < -0.39 is 41.9 Å². The van der Waals surface area contributed by atoms with E-state index in [9.17, 15) is 19.8 Å². The molecule has 0 spiro atoms. The van der Waals surface area contributed by atoms with Crippen LogP contribution in [0.1, 0.15) is 90.9 Å². The van der Waals surface area contributed by atoms with Gasteiger partial charge in [0.1, 0.15) is 11.5 Å². The van der Waals surface area contributed by atoms with E-state index in [1.54, 1.807) is 48.5 Å². The lowest BCUT2D eigenvalue weighted by Gasteiger charge is -2.50. The lowest BCUT2D eigenvalue weighted by Crippen LogP contribution is -2.64. The van der Waals surface area contributed by atoms with E-state index in [0.29, 0.717) is 70.6 Å². The minimum atomic E-state index is -0.991. The zero-order valence-corrected chi connectivity index (χ0v) is 35.9. The van der Waals surface area contributed by atoms with E-state index in [4.69, 9.17) is 9.47 Å². The molecule has 0 unspecified atom stereocenters. The zero-order chi connectivity index (χ0) is 42.6. The molecule has 2 aliphatic heterocycles. The Morgan fingerprint density at radius 3 is 1.48 bits per heavy atom. The second kappa shape index (κ2) is 21.5. The number of carbonyl (C=O) groups is 3. The zero-order valence-electron chi connectivity index (χ0n) is 35.9. The molecule has 4 aromatic rings. The molecule has 0 saturated carbocycles.